The predicted molar refractivity (Wildman–Crippen MR) is 71.9 cm³/mol. The Balaban J connectivity index is 2.15. The molecule has 0 atom stereocenters. The second-order valence-electron chi connectivity index (χ2n) is 4.24. The van der Waals surface area contributed by atoms with E-state index in [0.29, 0.717) is 0 Å². The van der Waals surface area contributed by atoms with Gasteiger partial charge in [0.25, 0.3) is 5.91 Å². The Hall–Kier alpha value is -2.21. The molecule has 6 heteroatoms. The van der Waals surface area contributed by atoms with Gasteiger partial charge >= 0.3 is 0 Å². The summed E-state index contributed by atoms with van der Waals surface area (Å²) >= 11 is 0. The molecule has 2 aromatic heterocycles. The Bertz CT molecular complexity index is 564. The number of aromatic nitrogens is 3. The fourth-order valence-corrected chi connectivity index (χ4v) is 1.70. The molecule has 6 nitrogen and oxygen atoms in total. The molecule has 0 aromatic carbocycles. The van der Waals surface area contributed by atoms with E-state index in [1.165, 1.54) is 0 Å². The van der Waals surface area contributed by atoms with Gasteiger partial charge in [-0.2, -0.15) is 5.10 Å². The molecule has 0 aliphatic rings. The summed E-state index contributed by atoms with van der Waals surface area (Å²) < 4.78 is 1.59. The molecule has 0 spiro atoms. The molecule has 0 unspecified atom stereocenters. The average Bonchev–Trinajstić information content (AvgIpc) is 2.89. The van der Waals surface area contributed by atoms with Crippen molar-refractivity contribution in [2.45, 2.75) is 19.9 Å². The number of carbonyl (C=O) groups excluding carboxylic acids is 1. The van der Waals surface area contributed by atoms with Gasteiger partial charge in [-0.05, 0) is 30.7 Å². The normalized spacial score (nSPS) is 10.6. The summed E-state index contributed by atoms with van der Waals surface area (Å²) in [5.41, 5.74) is 7.30. The van der Waals surface area contributed by atoms with Crippen molar-refractivity contribution < 1.29 is 4.79 Å². The highest BCUT2D eigenvalue weighted by molar-refractivity contribution is 5.90. The van der Waals surface area contributed by atoms with Gasteiger partial charge in [0.05, 0.1) is 11.9 Å². The summed E-state index contributed by atoms with van der Waals surface area (Å²) in [4.78, 5) is 15.2. The first-order chi connectivity index (χ1) is 9.20. The van der Waals surface area contributed by atoms with Crippen molar-refractivity contribution in [3.8, 4) is 5.69 Å². The number of rotatable bonds is 6. The molecule has 0 saturated heterocycles. The summed E-state index contributed by atoms with van der Waals surface area (Å²) in [6.45, 7) is 3.85. The predicted octanol–water partition coefficient (Wildman–Crippen LogP) is 0.866. The van der Waals surface area contributed by atoms with Gasteiger partial charge in [0.15, 0.2) is 0 Å². The van der Waals surface area contributed by atoms with Crippen molar-refractivity contribution in [3.05, 3.63) is 42.0 Å². The Morgan fingerprint density at radius 2 is 2.32 bits per heavy atom. The van der Waals surface area contributed by atoms with Crippen molar-refractivity contribution in [3.63, 3.8) is 0 Å². The summed E-state index contributed by atoms with van der Waals surface area (Å²) in [6.07, 6.45) is 6.29. The smallest absolute Gasteiger partial charge is 0.269 e. The van der Waals surface area contributed by atoms with Crippen LogP contribution in [0.25, 0.3) is 5.69 Å². The Morgan fingerprint density at radius 3 is 3.00 bits per heavy atom. The molecule has 2 aromatic rings. The molecule has 2 rings (SSSR count). The van der Waals surface area contributed by atoms with Crippen molar-refractivity contribution in [1.29, 1.82) is 0 Å². The molecular weight excluding hydrogens is 242 g/mol. The molecule has 2 heterocycles. The summed E-state index contributed by atoms with van der Waals surface area (Å²) in [6, 6.07) is 3.57. The van der Waals surface area contributed by atoms with Crippen molar-refractivity contribution in [1.82, 2.24) is 20.1 Å². The van der Waals surface area contributed by atoms with Crippen LogP contribution in [-0.4, -0.2) is 27.2 Å². The number of carbonyl (C=O) groups is 1. The van der Waals surface area contributed by atoms with Crippen LogP contribution in [0.2, 0.25) is 0 Å². The minimum Gasteiger partial charge on any atom is -0.364 e. The molecule has 1 amide bonds. The number of hydrogen-bond acceptors (Lipinski definition) is 4. The Morgan fingerprint density at radius 1 is 1.47 bits per heavy atom. The lowest BCUT2D eigenvalue weighted by molar-refractivity contribution is 0.0995. The quantitative estimate of drug-likeness (QED) is 0.754. The van der Waals surface area contributed by atoms with Gasteiger partial charge in [0, 0.05) is 18.9 Å². The highest BCUT2D eigenvalue weighted by Crippen LogP contribution is 2.08. The highest BCUT2D eigenvalue weighted by atomic mass is 16.1. The van der Waals surface area contributed by atoms with Crippen LogP contribution in [0.5, 0.6) is 0 Å². The van der Waals surface area contributed by atoms with Gasteiger partial charge in [-0.3, -0.25) is 9.78 Å². The van der Waals surface area contributed by atoms with Crippen LogP contribution in [0.4, 0.5) is 0 Å². The van der Waals surface area contributed by atoms with E-state index in [9.17, 15) is 4.79 Å². The Labute approximate surface area is 111 Å². The van der Waals surface area contributed by atoms with Crippen LogP contribution < -0.4 is 11.1 Å². The van der Waals surface area contributed by atoms with E-state index in [2.05, 4.69) is 22.3 Å². The zero-order chi connectivity index (χ0) is 13.7. The lowest BCUT2D eigenvalue weighted by Crippen LogP contribution is -2.14. The van der Waals surface area contributed by atoms with E-state index in [1.54, 1.807) is 23.1 Å². The molecule has 100 valence electrons. The van der Waals surface area contributed by atoms with E-state index in [-0.39, 0.29) is 5.69 Å². The van der Waals surface area contributed by atoms with Gasteiger partial charge < -0.3 is 11.1 Å². The third-order valence-electron chi connectivity index (χ3n) is 2.64. The zero-order valence-electron chi connectivity index (χ0n) is 10.8. The minimum atomic E-state index is -0.535. The number of nitrogens with two attached hydrogens (primary N) is 1. The minimum absolute atomic E-state index is 0.245. The third kappa shape index (κ3) is 3.38. The zero-order valence-corrected chi connectivity index (χ0v) is 10.8. The van der Waals surface area contributed by atoms with E-state index in [0.717, 1.165) is 30.8 Å². The average molecular weight is 259 g/mol. The molecule has 0 radical (unpaired) electrons. The van der Waals surface area contributed by atoms with Gasteiger partial charge in [-0.25, -0.2) is 4.68 Å². The molecule has 0 fully saturated rings. The first kappa shape index (κ1) is 13.2. The van der Waals surface area contributed by atoms with Crippen LogP contribution in [0.3, 0.4) is 0 Å². The fraction of sp³-hybridized carbons (Fsp3) is 0.308. The highest BCUT2D eigenvalue weighted by Gasteiger charge is 2.06. The van der Waals surface area contributed by atoms with Gasteiger partial charge in [0.2, 0.25) is 0 Å². The number of amides is 1. The maximum absolute atomic E-state index is 11.0. The maximum Gasteiger partial charge on any atom is 0.269 e. The first-order valence-electron chi connectivity index (χ1n) is 6.21. The van der Waals surface area contributed by atoms with E-state index >= 15 is 0 Å². The summed E-state index contributed by atoms with van der Waals surface area (Å²) in [5.74, 6) is -0.535. The molecule has 0 bridgehead atoms. The standard InChI is InChI=1S/C13H17N5O/c1-2-4-15-7-10-6-11(9-16-8-10)18-5-3-12(17-18)13(14)19/h3,5-6,8-9,15H,2,4,7H2,1H3,(H2,14,19). The van der Waals surface area contributed by atoms with Crippen molar-refractivity contribution in [2.75, 3.05) is 6.54 Å². The lowest BCUT2D eigenvalue weighted by atomic mass is 10.2. The number of nitrogens with zero attached hydrogens (tertiary/aromatic N) is 3. The number of pyridine rings is 1. The topological polar surface area (TPSA) is 85.8 Å². The van der Waals surface area contributed by atoms with Crippen LogP contribution in [-0.2, 0) is 6.54 Å². The van der Waals surface area contributed by atoms with Crippen LogP contribution in [0.15, 0.2) is 30.7 Å². The second-order valence-corrected chi connectivity index (χ2v) is 4.24. The number of nitrogens with one attached hydrogen (secondary N) is 1. The van der Waals surface area contributed by atoms with Crippen molar-refractivity contribution in [2.24, 2.45) is 5.73 Å². The van der Waals surface area contributed by atoms with Gasteiger partial charge in [0.1, 0.15) is 5.69 Å². The molecule has 19 heavy (non-hydrogen) atoms. The third-order valence-corrected chi connectivity index (χ3v) is 2.64. The van der Waals surface area contributed by atoms with Crippen molar-refractivity contribution >= 4 is 5.91 Å². The molecule has 3 N–H and O–H groups in total. The Kier molecular flexibility index (Phi) is 4.25. The van der Waals surface area contributed by atoms with Crippen LogP contribution in [0.1, 0.15) is 29.4 Å². The molecular formula is C13H17N5O. The van der Waals surface area contributed by atoms with Crippen LogP contribution >= 0.6 is 0 Å². The monoisotopic (exact) mass is 259 g/mol. The molecule has 0 aliphatic heterocycles. The molecule has 0 aliphatic carbocycles. The summed E-state index contributed by atoms with van der Waals surface area (Å²) in [5, 5.41) is 7.41. The summed E-state index contributed by atoms with van der Waals surface area (Å²) in [7, 11) is 0. The molecule has 0 saturated carbocycles. The van der Waals surface area contributed by atoms with E-state index < -0.39 is 5.91 Å². The SMILES string of the molecule is CCCNCc1cncc(-n2ccc(C(N)=O)n2)c1. The lowest BCUT2D eigenvalue weighted by Gasteiger charge is -2.05. The largest absolute Gasteiger partial charge is 0.364 e. The number of primary amides is 1. The van der Waals surface area contributed by atoms with Gasteiger partial charge in [-0.15, -0.1) is 0 Å². The first-order valence-corrected chi connectivity index (χ1v) is 6.21. The van der Waals surface area contributed by atoms with E-state index in [1.807, 2.05) is 12.3 Å². The van der Waals surface area contributed by atoms with Crippen LogP contribution in [0, 0.1) is 0 Å². The maximum atomic E-state index is 11.0. The second kappa shape index (κ2) is 6.10. The van der Waals surface area contributed by atoms with Gasteiger partial charge in [-0.1, -0.05) is 6.92 Å². The number of hydrogen-bond donors (Lipinski definition) is 2. The fourth-order valence-electron chi connectivity index (χ4n) is 1.70. The van der Waals surface area contributed by atoms with E-state index in [4.69, 9.17) is 5.73 Å².